The molecule has 0 amide bonds. The van der Waals surface area contributed by atoms with Crippen molar-refractivity contribution in [1.29, 1.82) is 0 Å². The molecule has 0 aliphatic heterocycles. The molecule has 1 atom stereocenters. The topological polar surface area (TPSA) is 21.3 Å². The van der Waals surface area contributed by atoms with Crippen LogP contribution >= 0.6 is 23.2 Å². The molecule has 1 N–H and O–H groups in total. The lowest BCUT2D eigenvalue weighted by molar-refractivity contribution is 0.274. The minimum atomic E-state index is 0.288. The van der Waals surface area contributed by atoms with E-state index in [1.54, 1.807) is 7.11 Å². The highest BCUT2D eigenvalue weighted by Gasteiger charge is 2.26. The van der Waals surface area contributed by atoms with Gasteiger partial charge in [-0.05, 0) is 36.9 Å². The van der Waals surface area contributed by atoms with Gasteiger partial charge in [-0.2, -0.15) is 0 Å². The van der Waals surface area contributed by atoms with Gasteiger partial charge in [-0.1, -0.05) is 49.4 Å². The van der Waals surface area contributed by atoms with Crippen molar-refractivity contribution >= 4 is 23.2 Å². The van der Waals surface area contributed by atoms with Crippen molar-refractivity contribution in [3.05, 3.63) is 27.7 Å². The number of hydrogen-bond acceptors (Lipinski definition) is 2. The van der Waals surface area contributed by atoms with E-state index in [1.165, 1.54) is 32.1 Å². The summed E-state index contributed by atoms with van der Waals surface area (Å²) in [6.07, 6.45) is 6.50. The van der Waals surface area contributed by atoms with Crippen molar-refractivity contribution in [3.63, 3.8) is 0 Å². The van der Waals surface area contributed by atoms with Crippen LogP contribution in [-0.4, -0.2) is 13.7 Å². The summed E-state index contributed by atoms with van der Waals surface area (Å²) in [5.74, 6) is 1.28. The fraction of sp³-hybridized carbons (Fsp3) is 0.625. The van der Waals surface area contributed by atoms with E-state index in [9.17, 15) is 0 Å². The zero-order valence-electron chi connectivity index (χ0n) is 12.2. The molecule has 0 radical (unpaired) electrons. The Morgan fingerprint density at radius 3 is 2.50 bits per heavy atom. The van der Waals surface area contributed by atoms with Crippen molar-refractivity contribution in [1.82, 2.24) is 5.32 Å². The summed E-state index contributed by atoms with van der Waals surface area (Å²) < 4.78 is 5.23. The molecule has 2 nitrogen and oxygen atoms in total. The van der Waals surface area contributed by atoms with E-state index in [0.717, 1.165) is 17.1 Å². The first-order valence-electron chi connectivity index (χ1n) is 7.43. The summed E-state index contributed by atoms with van der Waals surface area (Å²) in [6, 6.07) is 4.08. The van der Waals surface area contributed by atoms with Gasteiger partial charge in [0.25, 0.3) is 0 Å². The number of halogens is 2. The molecule has 1 aliphatic rings. The number of nitrogens with one attached hydrogen (secondary N) is 1. The molecule has 2 rings (SSSR count). The fourth-order valence-electron chi connectivity index (χ4n) is 3.16. The highest BCUT2D eigenvalue weighted by Crippen LogP contribution is 2.40. The maximum absolute atomic E-state index is 6.45. The molecule has 1 saturated carbocycles. The maximum Gasteiger partial charge on any atom is 0.138 e. The van der Waals surface area contributed by atoms with Gasteiger partial charge < -0.3 is 10.1 Å². The van der Waals surface area contributed by atoms with E-state index in [1.807, 2.05) is 12.1 Å². The van der Waals surface area contributed by atoms with Crippen LogP contribution in [0.5, 0.6) is 5.75 Å². The molecule has 0 spiro atoms. The first kappa shape index (κ1) is 15.9. The quantitative estimate of drug-likeness (QED) is 0.803. The summed E-state index contributed by atoms with van der Waals surface area (Å²) in [4.78, 5) is 0. The Kier molecular flexibility index (Phi) is 6.01. The Labute approximate surface area is 131 Å². The monoisotopic (exact) mass is 315 g/mol. The summed E-state index contributed by atoms with van der Waals surface area (Å²) in [5.41, 5.74) is 1.10. The van der Waals surface area contributed by atoms with Crippen LogP contribution in [0.4, 0.5) is 0 Å². The number of methoxy groups -OCH3 is 1. The normalized spacial score (nSPS) is 18.0. The lowest BCUT2D eigenvalue weighted by Crippen LogP contribution is -2.29. The van der Waals surface area contributed by atoms with Crippen LogP contribution in [0, 0.1) is 5.92 Å². The van der Waals surface area contributed by atoms with Gasteiger partial charge in [-0.15, -0.1) is 0 Å². The molecule has 0 saturated heterocycles. The Bertz CT molecular complexity index is 444. The predicted octanol–water partition coefficient (Wildman–Crippen LogP) is 5.23. The summed E-state index contributed by atoms with van der Waals surface area (Å²) >= 11 is 12.7. The third-order valence-electron chi connectivity index (χ3n) is 4.15. The zero-order valence-corrected chi connectivity index (χ0v) is 13.7. The molecule has 1 aromatic carbocycles. The molecule has 4 heteroatoms. The summed E-state index contributed by atoms with van der Waals surface area (Å²) in [7, 11) is 1.61. The van der Waals surface area contributed by atoms with E-state index in [4.69, 9.17) is 27.9 Å². The third kappa shape index (κ3) is 3.60. The van der Waals surface area contributed by atoms with Gasteiger partial charge in [-0.3, -0.25) is 0 Å². The van der Waals surface area contributed by atoms with Crippen LogP contribution in [0.15, 0.2) is 12.1 Å². The standard InChI is InChI=1S/C16H23Cl2NO/c1-3-19-16(11-7-5-4-6-8-11)12-9-14(18)15(20-2)10-13(12)17/h9-11,16,19H,3-8H2,1-2H3. The van der Waals surface area contributed by atoms with Crippen molar-refractivity contribution in [2.45, 2.75) is 45.1 Å². The van der Waals surface area contributed by atoms with Crippen LogP contribution in [0.3, 0.4) is 0 Å². The molecule has 20 heavy (non-hydrogen) atoms. The fourth-order valence-corrected chi connectivity index (χ4v) is 3.68. The average Bonchev–Trinajstić information content (AvgIpc) is 2.48. The van der Waals surface area contributed by atoms with E-state index in [2.05, 4.69) is 12.2 Å². The maximum atomic E-state index is 6.45. The Morgan fingerprint density at radius 2 is 1.90 bits per heavy atom. The van der Waals surface area contributed by atoms with Crippen LogP contribution in [0.25, 0.3) is 0 Å². The van der Waals surface area contributed by atoms with Crippen LogP contribution in [-0.2, 0) is 0 Å². The minimum Gasteiger partial charge on any atom is -0.495 e. The molecule has 0 aromatic heterocycles. The highest BCUT2D eigenvalue weighted by atomic mass is 35.5. The number of ether oxygens (including phenoxy) is 1. The minimum absolute atomic E-state index is 0.288. The SMILES string of the molecule is CCNC(c1cc(Cl)c(OC)cc1Cl)C1CCCCC1. The van der Waals surface area contributed by atoms with Gasteiger partial charge in [0.15, 0.2) is 0 Å². The second-order valence-corrected chi connectivity index (χ2v) is 6.26. The Morgan fingerprint density at radius 1 is 1.20 bits per heavy atom. The molecular weight excluding hydrogens is 293 g/mol. The van der Waals surface area contributed by atoms with E-state index in [-0.39, 0.29) is 6.04 Å². The lowest BCUT2D eigenvalue weighted by Gasteiger charge is -2.32. The summed E-state index contributed by atoms with van der Waals surface area (Å²) in [6.45, 7) is 3.07. The van der Waals surface area contributed by atoms with E-state index < -0.39 is 0 Å². The zero-order chi connectivity index (χ0) is 14.5. The number of benzene rings is 1. The van der Waals surface area contributed by atoms with Crippen molar-refractivity contribution in [2.24, 2.45) is 5.92 Å². The molecule has 1 fully saturated rings. The predicted molar refractivity (Wildman–Crippen MR) is 86.0 cm³/mol. The second-order valence-electron chi connectivity index (χ2n) is 5.44. The van der Waals surface area contributed by atoms with Gasteiger partial charge in [0.2, 0.25) is 0 Å². The smallest absolute Gasteiger partial charge is 0.138 e. The summed E-state index contributed by atoms with van der Waals surface area (Å²) in [5, 5.41) is 4.96. The number of rotatable bonds is 5. The second kappa shape index (κ2) is 7.53. The molecule has 1 aromatic rings. The molecule has 0 heterocycles. The van der Waals surface area contributed by atoms with Gasteiger partial charge in [0.1, 0.15) is 5.75 Å². The molecule has 1 aliphatic carbocycles. The van der Waals surface area contributed by atoms with E-state index >= 15 is 0 Å². The van der Waals surface area contributed by atoms with Crippen LogP contribution in [0.1, 0.15) is 50.6 Å². The molecule has 0 bridgehead atoms. The van der Waals surface area contributed by atoms with E-state index in [0.29, 0.717) is 16.7 Å². The van der Waals surface area contributed by atoms with Crippen molar-refractivity contribution in [3.8, 4) is 5.75 Å². The van der Waals surface area contributed by atoms with Gasteiger partial charge in [0, 0.05) is 17.1 Å². The van der Waals surface area contributed by atoms with Crippen LogP contribution < -0.4 is 10.1 Å². The van der Waals surface area contributed by atoms with Crippen molar-refractivity contribution < 1.29 is 4.74 Å². The first-order valence-corrected chi connectivity index (χ1v) is 8.19. The molecule has 1 unspecified atom stereocenters. The van der Waals surface area contributed by atoms with Gasteiger partial charge >= 0.3 is 0 Å². The van der Waals surface area contributed by atoms with Gasteiger partial charge in [0.05, 0.1) is 12.1 Å². The Hall–Kier alpha value is -0.440. The molecule has 112 valence electrons. The van der Waals surface area contributed by atoms with Crippen LogP contribution in [0.2, 0.25) is 10.0 Å². The first-order chi connectivity index (χ1) is 9.67. The lowest BCUT2D eigenvalue weighted by atomic mass is 9.81. The third-order valence-corrected chi connectivity index (χ3v) is 4.77. The van der Waals surface area contributed by atoms with Crippen molar-refractivity contribution in [2.75, 3.05) is 13.7 Å². The molecular formula is C16H23Cl2NO. The number of hydrogen-bond donors (Lipinski definition) is 1. The van der Waals surface area contributed by atoms with Gasteiger partial charge in [-0.25, -0.2) is 0 Å². The largest absolute Gasteiger partial charge is 0.495 e. The Balaban J connectivity index is 2.30. The average molecular weight is 316 g/mol. The highest BCUT2D eigenvalue weighted by molar-refractivity contribution is 6.34.